The van der Waals surface area contributed by atoms with Crippen molar-refractivity contribution in [3.63, 3.8) is 0 Å². The standard InChI is InChI=1S/C23H21N3O3/c1-16-15-21(24-18-11-13-19(14-12-18)26(28)29)20-9-5-6-10-22(20)25(16)23(27)17-7-3-2-4-8-17/h2-14,16,21,24H,15H2,1H3. The number of para-hydroxylation sites is 1. The van der Waals surface area contributed by atoms with Crippen LogP contribution in [0.15, 0.2) is 78.9 Å². The van der Waals surface area contributed by atoms with Crippen LogP contribution in [0.5, 0.6) is 0 Å². The molecule has 29 heavy (non-hydrogen) atoms. The Labute approximate surface area is 168 Å². The van der Waals surface area contributed by atoms with E-state index in [4.69, 9.17) is 0 Å². The number of nitrogens with one attached hydrogen (secondary N) is 1. The molecular weight excluding hydrogens is 366 g/mol. The van der Waals surface area contributed by atoms with Crippen LogP contribution >= 0.6 is 0 Å². The number of non-ortho nitro benzene ring substituents is 1. The van der Waals surface area contributed by atoms with Gasteiger partial charge in [-0.2, -0.15) is 0 Å². The first-order valence-corrected chi connectivity index (χ1v) is 9.53. The van der Waals surface area contributed by atoms with E-state index in [0.29, 0.717) is 5.56 Å². The van der Waals surface area contributed by atoms with E-state index in [1.807, 2.05) is 66.4 Å². The van der Waals surface area contributed by atoms with Gasteiger partial charge in [0.2, 0.25) is 0 Å². The smallest absolute Gasteiger partial charge is 0.269 e. The first kappa shape index (κ1) is 18.7. The molecule has 0 aromatic heterocycles. The molecule has 1 aliphatic rings. The Hall–Kier alpha value is -3.67. The number of hydrogen-bond donors (Lipinski definition) is 1. The van der Waals surface area contributed by atoms with Gasteiger partial charge >= 0.3 is 0 Å². The first-order valence-electron chi connectivity index (χ1n) is 9.53. The predicted octanol–water partition coefficient (Wildman–Crippen LogP) is 5.19. The molecule has 146 valence electrons. The van der Waals surface area contributed by atoms with E-state index in [9.17, 15) is 14.9 Å². The highest BCUT2D eigenvalue weighted by Gasteiger charge is 2.34. The molecule has 2 atom stereocenters. The summed E-state index contributed by atoms with van der Waals surface area (Å²) in [5.41, 5.74) is 3.46. The Kier molecular flexibility index (Phi) is 4.99. The molecule has 1 heterocycles. The fourth-order valence-corrected chi connectivity index (χ4v) is 3.86. The minimum Gasteiger partial charge on any atom is -0.378 e. The van der Waals surface area contributed by atoms with Crippen LogP contribution in [-0.2, 0) is 0 Å². The third-order valence-electron chi connectivity index (χ3n) is 5.25. The quantitative estimate of drug-likeness (QED) is 0.494. The number of carbonyl (C=O) groups is 1. The van der Waals surface area contributed by atoms with Gasteiger partial charge in [0.15, 0.2) is 0 Å². The number of benzene rings is 3. The molecule has 6 heteroatoms. The Morgan fingerprint density at radius 1 is 1.00 bits per heavy atom. The molecule has 2 unspecified atom stereocenters. The van der Waals surface area contributed by atoms with E-state index >= 15 is 0 Å². The summed E-state index contributed by atoms with van der Waals surface area (Å²) in [5, 5.41) is 14.3. The van der Waals surface area contributed by atoms with Crippen molar-refractivity contribution < 1.29 is 9.72 Å². The molecule has 3 aromatic rings. The number of fused-ring (bicyclic) bond motifs is 1. The number of rotatable bonds is 4. The first-order chi connectivity index (χ1) is 14.0. The lowest BCUT2D eigenvalue weighted by Crippen LogP contribution is -2.44. The van der Waals surface area contributed by atoms with Crippen LogP contribution in [-0.4, -0.2) is 16.9 Å². The molecule has 6 nitrogen and oxygen atoms in total. The second-order valence-electron chi connectivity index (χ2n) is 7.19. The summed E-state index contributed by atoms with van der Waals surface area (Å²) in [4.78, 5) is 25.5. The molecule has 1 N–H and O–H groups in total. The molecule has 0 radical (unpaired) electrons. The number of carbonyl (C=O) groups excluding carboxylic acids is 1. The molecule has 4 rings (SSSR count). The van der Waals surface area contributed by atoms with Crippen molar-refractivity contribution in [1.82, 2.24) is 0 Å². The van der Waals surface area contributed by atoms with Crippen LogP contribution in [0.3, 0.4) is 0 Å². The van der Waals surface area contributed by atoms with Crippen molar-refractivity contribution in [2.75, 3.05) is 10.2 Å². The highest BCUT2D eigenvalue weighted by atomic mass is 16.6. The van der Waals surface area contributed by atoms with E-state index in [2.05, 4.69) is 5.32 Å². The van der Waals surface area contributed by atoms with Crippen molar-refractivity contribution in [1.29, 1.82) is 0 Å². The Bertz CT molecular complexity index is 1030. The lowest BCUT2D eigenvalue weighted by Gasteiger charge is -2.40. The van der Waals surface area contributed by atoms with Gasteiger partial charge in [-0.1, -0.05) is 36.4 Å². The van der Waals surface area contributed by atoms with Crippen LogP contribution < -0.4 is 10.2 Å². The second-order valence-corrected chi connectivity index (χ2v) is 7.19. The number of nitro groups is 1. The summed E-state index contributed by atoms with van der Waals surface area (Å²) in [6.07, 6.45) is 0.729. The average Bonchev–Trinajstić information content (AvgIpc) is 2.74. The van der Waals surface area contributed by atoms with Gasteiger partial charge in [0, 0.05) is 35.1 Å². The van der Waals surface area contributed by atoms with Crippen LogP contribution in [0.2, 0.25) is 0 Å². The van der Waals surface area contributed by atoms with Crippen LogP contribution in [0.4, 0.5) is 17.1 Å². The van der Waals surface area contributed by atoms with Crippen molar-refractivity contribution in [3.8, 4) is 0 Å². The molecule has 3 aromatic carbocycles. The van der Waals surface area contributed by atoms with Gasteiger partial charge in [-0.15, -0.1) is 0 Å². The van der Waals surface area contributed by atoms with Gasteiger partial charge in [0.05, 0.1) is 11.0 Å². The highest BCUT2D eigenvalue weighted by molar-refractivity contribution is 6.07. The van der Waals surface area contributed by atoms with Gasteiger partial charge in [-0.05, 0) is 49.2 Å². The maximum absolute atomic E-state index is 13.2. The van der Waals surface area contributed by atoms with Crippen molar-refractivity contribution in [3.05, 3.63) is 100 Å². The van der Waals surface area contributed by atoms with E-state index < -0.39 is 4.92 Å². The van der Waals surface area contributed by atoms with Crippen molar-refractivity contribution in [2.45, 2.75) is 25.4 Å². The van der Waals surface area contributed by atoms with Crippen molar-refractivity contribution in [2.24, 2.45) is 0 Å². The molecule has 1 amide bonds. The van der Waals surface area contributed by atoms with Gasteiger partial charge in [0.1, 0.15) is 0 Å². The number of nitro benzene ring substituents is 1. The SMILES string of the molecule is CC1CC(Nc2ccc([N+](=O)[O-])cc2)c2ccccc2N1C(=O)c1ccccc1. The Balaban J connectivity index is 1.64. The lowest BCUT2D eigenvalue weighted by atomic mass is 9.90. The molecule has 0 saturated heterocycles. The maximum atomic E-state index is 13.2. The van der Waals surface area contributed by atoms with E-state index in [0.717, 1.165) is 23.4 Å². The third kappa shape index (κ3) is 3.69. The fourth-order valence-electron chi connectivity index (χ4n) is 3.86. The highest BCUT2D eigenvalue weighted by Crippen LogP contribution is 2.39. The fraction of sp³-hybridized carbons (Fsp3) is 0.174. The van der Waals surface area contributed by atoms with E-state index in [1.54, 1.807) is 12.1 Å². The molecule has 0 saturated carbocycles. The summed E-state index contributed by atoms with van der Waals surface area (Å²) in [6, 6.07) is 23.6. The van der Waals surface area contributed by atoms with E-state index in [1.165, 1.54) is 12.1 Å². The zero-order valence-corrected chi connectivity index (χ0v) is 16.0. The monoisotopic (exact) mass is 387 g/mol. The number of hydrogen-bond acceptors (Lipinski definition) is 4. The zero-order valence-electron chi connectivity index (χ0n) is 16.0. The Morgan fingerprint density at radius 2 is 1.66 bits per heavy atom. The number of amides is 1. The number of nitrogens with zero attached hydrogens (tertiary/aromatic N) is 2. The summed E-state index contributed by atoms with van der Waals surface area (Å²) in [6.45, 7) is 2.04. The second kappa shape index (κ2) is 7.75. The van der Waals surface area contributed by atoms with Crippen molar-refractivity contribution >= 4 is 23.0 Å². The van der Waals surface area contributed by atoms with Gasteiger partial charge in [0.25, 0.3) is 11.6 Å². The number of anilines is 2. The average molecular weight is 387 g/mol. The summed E-state index contributed by atoms with van der Waals surface area (Å²) in [7, 11) is 0. The van der Waals surface area contributed by atoms with Crippen LogP contribution in [0.25, 0.3) is 0 Å². The maximum Gasteiger partial charge on any atom is 0.269 e. The normalized spacial score (nSPS) is 18.0. The third-order valence-corrected chi connectivity index (χ3v) is 5.25. The molecular formula is C23H21N3O3. The zero-order chi connectivity index (χ0) is 20.4. The molecule has 0 spiro atoms. The van der Waals surface area contributed by atoms with E-state index in [-0.39, 0.29) is 23.7 Å². The van der Waals surface area contributed by atoms with Crippen LogP contribution in [0, 0.1) is 10.1 Å². The summed E-state index contributed by atoms with van der Waals surface area (Å²) in [5.74, 6) is -0.0145. The summed E-state index contributed by atoms with van der Waals surface area (Å²) < 4.78 is 0. The largest absolute Gasteiger partial charge is 0.378 e. The Morgan fingerprint density at radius 3 is 2.34 bits per heavy atom. The predicted molar refractivity (Wildman–Crippen MR) is 113 cm³/mol. The minimum absolute atomic E-state index is 0.00230. The van der Waals surface area contributed by atoms with Gasteiger partial charge < -0.3 is 10.2 Å². The lowest BCUT2D eigenvalue weighted by molar-refractivity contribution is -0.384. The van der Waals surface area contributed by atoms with Crippen LogP contribution in [0.1, 0.15) is 35.3 Å². The molecule has 0 fully saturated rings. The molecule has 0 aliphatic carbocycles. The molecule has 1 aliphatic heterocycles. The summed E-state index contributed by atoms with van der Waals surface area (Å²) >= 11 is 0. The minimum atomic E-state index is -0.408. The van der Waals surface area contributed by atoms with Gasteiger partial charge in [-0.25, -0.2) is 0 Å². The topological polar surface area (TPSA) is 75.5 Å². The molecule has 0 bridgehead atoms. The van der Waals surface area contributed by atoms with Gasteiger partial charge in [-0.3, -0.25) is 14.9 Å².